The summed E-state index contributed by atoms with van der Waals surface area (Å²) in [7, 11) is 0. The topological polar surface area (TPSA) is 173 Å². The molecule has 0 aliphatic heterocycles. The number of aromatic amines is 1. The second-order valence-electron chi connectivity index (χ2n) is 12.0. The Hall–Kier alpha value is -4.11. The van der Waals surface area contributed by atoms with Gasteiger partial charge in [0.2, 0.25) is 0 Å². The zero-order valence-electron chi connectivity index (χ0n) is 25.0. The maximum absolute atomic E-state index is 11.9. The highest BCUT2D eigenvalue weighted by Crippen LogP contribution is 2.44. The minimum atomic E-state index is -1.03. The summed E-state index contributed by atoms with van der Waals surface area (Å²) in [5.41, 5.74) is 21.1. The molecule has 9 nitrogen and oxygen atoms in total. The van der Waals surface area contributed by atoms with Crippen LogP contribution in [0.1, 0.15) is 68.9 Å². The van der Waals surface area contributed by atoms with Gasteiger partial charge in [0.05, 0.1) is 12.6 Å². The van der Waals surface area contributed by atoms with Crippen LogP contribution in [0, 0.1) is 11.8 Å². The lowest BCUT2D eigenvalue weighted by atomic mass is 9.69. The largest absolute Gasteiger partial charge is 0.478 e. The molecule has 0 radical (unpaired) electrons. The van der Waals surface area contributed by atoms with Crippen molar-refractivity contribution >= 4 is 34.8 Å². The van der Waals surface area contributed by atoms with Crippen molar-refractivity contribution in [1.82, 2.24) is 4.98 Å². The number of carboxylic acid groups (broad SMARTS) is 1. The van der Waals surface area contributed by atoms with Crippen LogP contribution in [0.15, 0.2) is 71.4 Å². The Balaban J connectivity index is 1.62. The molecule has 0 fully saturated rings. The van der Waals surface area contributed by atoms with Gasteiger partial charge in [-0.1, -0.05) is 49.7 Å². The summed E-state index contributed by atoms with van der Waals surface area (Å²) in [4.78, 5) is 30.3. The van der Waals surface area contributed by atoms with Crippen LogP contribution in [-0.2, 0) is 16.0 Å². The SMILES string of the molecule is CC(C=O)CCC(N)CCCC1c2cc3ccccc3cc2CCC1CC(Nc1ccc[nH]1)C(=CC(=O)O)CN=C(N)N. The summed E-state index contributed by atoms with van der Waals surface area (Å²) in [6, 6.07) is 16.8. The minimum absolute atomic E-state index is 0.0325. The van der Waals surface area contributed by atoms with Gasteiger partial charge in [-0.25, -0.2) is 9.79 Å². The molecule has 230 valence electrons. The minimum Gasteiger partial charge on any atom is -0.478 e. The predicted octanol–water partition coefficient (Wildman–Crippen LogP) is 5.08. The standard InChI is InChI=1S/C34H46N6O3/c1-22(21-41)11-14-28(35)8-4-9-29-26(13-12-25-16-23-6-2-3-7-24(23)17-30(25)29)18-31(40-32-10-5-15-38-32)27(19-33(42)43)20-39-34(36)37/h2-3,5-7,10,15-17,19,21-22,26,28-29,31,38,40H,4,8-9,11-14,18,20,35H2,1H3,(H,42,43)(H4,36,37,39). The Morgan fingerprint density at radius 1 is 1.14 bits per heavy atom. The summed E-state index contributed by atoms with van der Waals surface area (Å²) in [6.07, 6.45) is 11.2. The molecule has 2 aromatic carbocycles. The van der Waals surface area contributed by atoms with Crippen LogP contribution in [0.25, 0.3) is 10.8 Å². The van der Waals surface area contributed by atoms with E-state index in [-0.39, 0.29) is 36.4 Å². The number of guanidine groups is 1. The molecule has 0 saturated carbocycles. The van der Waals surface area contributed by atoms with E-state index in [0.717, 1.165) is 63.5 Å². The summed E-state index contributed by atoms with van der Waals surface area (Å²) in [5.74, 6) is 0.310. The maximum atomic E-state index is 11.9. The van der Waals surface area contributed by atoms with Gasteiger partial charge >= 0.3 is 5.97 Å². The molecular weight excluding hydrogens is 540 g/mol. The summed E-state index contributed by atoms with van der Waals surface area (Å²) in [5, 5.41) is 15.7. The molecule has 1 aliphatic carbocycles. The number of nitrogens with two attached hydrogens (primary N) is 3. The van der Waals surface area contributed by atoms with Crippen LogP contribution >= 0.6 is 0 Å². The van der Waals surface area contributed by atoms with E-state index in [0.29, 0.717) is 11.5 Å². The van der Waals surface area contributed by atoms with E-state index in [1.807, 2.05) is 25.3 Å². The Bertz CT molecular complexity index is 1410. The van der Waals surface area contributed by atoms with Crippen LogP contribution in [-0.4, -0.2) is 46.9 Å². The van der Waals surface area contributed by atoms with Crippen molar-refractivity contribution in [3.05, 3.63) is 77.5 Å². The molecule has 5 unspecified atom stereocenters. The summed E-state index contributed by atoms with van der Waals surface area (Å²) in [6.45, 7) is 2.03. The predicted molar refractivity (Wildman–Crippen MR) is 174 cm³/mol. The molecule has 9 N–H and O–H groups in total. The third-order valence-corrected chi connectivity index (χ3v) is 8.74. The number of aryl methyl sites for hydroxylation is 1. The molecule has 0 bridgehead atoms. The van der Waals surface area contributed by atoms with E-state index in [1.54, 1.807) is 0 Å². The quantitative estimate of drug-likeness (QED) is 0.0587. The van der Waals surface area contributed by atoms with Crippen molar-refractivity contribution in [2.24, 2.45) is 34.0 Å². The van der Waals surface area contributed by atoms with E-state index in [9.17, 15) is 14.7 Å². The number of rotatable bonds is 16. The Labute approximate surface area is 254 Å². The Morgan fingerprint density at radius 2 is 1.91 bits per heavy atom. The number of carboxylic acids is 1. The highest BCUT2D eigenvalue weighted by Gasteiger charge is 2.33. The van der Waals surface area contributed by atoms with Crippen molar-refractivity contribution in [3.8, 4) is 0 Å². The first-order valence-corrected chi connectivity index (χ1v) is 15.3. The van der Waals surface area contributed by atoms with Crippen molar-refractivity contribution in [3.63, 3.8) is 0 Å². The molecule has 4 rings (SSSR count). The first-order valence-electron chi connectivity index (χ1n) is 15.3. The Morgan fingerprint density at radius 3 is 2.58 bits per heavy atom. The lowest BCUT2D eigenvalue weighted by Gasteiger charge is -2.37. The van der Waals surface area contributed by atoms with Crippen LogP contribution in [0.4, 0.5) is 5.82 Å². The van der Waals surface area contributed by atoms with Crippen LogP contribution in [0.2, 0.25) is 0 Å². The molecule has 3 aromatic rings. The highest BCUT2D eigenvalue weighted by molar-refractivity contribution is 5.84. The monoisotopic (exact) mass is 586 g/mol. The van der Waals surface area contributed by atoms with Gasteiger partial charge in [0.25, 0.3) is 0 Å². The van der Waals surface area contributed by atoms with Gasteiger partial charge in [0.15, 0.2) is 5.96 Å². The number of hydrogen-bond donors (Lipinski definition) is 6. The van der Waals surface area contributed by atoms with Gasteiger partial charge in [-0.15, -0.1) is 0 Å². The average Bonchev–Trinajstić information content (AvgIpc) is 3.50. The number of fused-ring (bicyclic) bond motifs is 2. The first-order chi connectivity index (χ1) is 20.7. The molecule has 0 amide bonds. The normalized spacial score (nSPS) is 18.8. The third-order valence-electron chi connectivity index (χ3n) is 8.74. The number of hydrogen-bond acceptors (Lipinski definition) is 5. The molecular formula is C34H46N6O3. The summed E-state index contributed by atoms with van der Waals surface area (Å²) >= 11 is 0. The van der Waals surface area contributed by atoms with Gasteiger partial charge in [-0.3, -0.25) is 0 Å². The maximum Gasteiger partial charge on any atom is 0.328 e. The lowest BCUT2D eigenvalue weighted by molar-refractivity contribution is -0.131. The summed E-state index contributed by atoms with van der Waals surface area (Å²) < 4.78 is 0. The number of H-pyrrole nitrogens is 1. The van der Waals surface area contributed by atoms with E-state index < -0.39 is 5.97 Å². The molecule has 5 atom stereocenters. The number of carbonyl (C=O) groups excluding carboxylic acids is 1. The van der Waals surface area contributed by atoms with Gasteiger partial charge in [-0.05, 0) is 96.4 Å². The smallest absolute Gasteiger partial charge is 0.328 e. The molecule has 1 aromatic heterocycles. The second kappa shape index (κ2) is 15.4. The zero-order chi connectivity index (χ0) is 30.8. The lowest BCUT2D eigenvalue weighted by Crippen LogP contribution is -2.32. The van der Waals surface area contributed by atoms with Crippen LogP contribution < -0.4 is 22.5 Å². The number of nitrogens with one attached hydrogen (secondary N) is 2. The van der Waals surface area contributed by atoms with Crippen molar-refractivity contribution < 1.29 is 14.7 Å². The van der Waals surface area contributed by atoms with Crippen molar-refractivity contribution in [1.29, 1.82) is 0 Å². The van der Waals surface area contributed by atoms with Crippen molar-refractivity contribution in [2.75, 3.05) is 11.9 Å². The van der Waals surface area contributed by atoms with Gasteiger partial charge < -0.3 is 37.4 Å². The van der Waals surface area contributed by atoms with Crippen LogP contribution in [0.5, 0.6) is 0 Å². The zero-order valence-corrected chi connectivity index (χ0v) is 25.0. The molecule has 9 heteroatoms. The third kappa shape index (κ3) is 9.19. The van der Waals surface area contributed by atoms with Gasteiger partial charge in [-0.2, -0.15) is 0 Å². The fourth-order valence-corrected chi connectivity index (χ4v) is 6.44. The van der Waals surface area contributed by atoms with Gasteiger partial charge in [0.1, 0.15) is 12.1 Å². The number of aliphatic imine (C=N–C) groups is 1. The second-order valence-corrected chi connectivity index (χ2v) is 12.0. The molecule has 0 spiro atoms. The molecule has 1 aliphatic rings. The fourth-order valence-electron chi connectivity index (χ4n) is 6.44. The first kappa shape index (κ1) is 31.8. The number of aliphatic carboxylic acids is 1. The Kier molecular flexibility index (Phi) is 11.4. The fraction of sp³-hybridized carbons (Fsp3) is 0.441. The molecule has 43 heavy (non-hydrogen) atoms. The van der Waals surface area contributed by atoms with Crippen LogP contribution in [0.3, 0.4) is 0 Å². The average molecular weight is 587 g/mol. The van der Waals surface area contributed by atoms with E-state index in [4.69, 9.17) is 17.2 Å². The highest BCUT2D eigenvalue weighted by atomic mass is 16.4. The number of aldehydes is 1. The van der Waals surface area contributed by atoms with Gasteiger partial charge in [0, 0.05) is 24.2 Å². The number of nitrogens with zero attached hydrogens (tertiary/aromatic N) is 1. The number of carbonyl (C=O) groups is 2. The van der Waals surface area contributed by atoms with Crippen molar-refractivity contribution in [2.45, 2.75) is 76.3 Å². The number of benzene rings is 2. The number of aromatic nitrogens is 1. The number of anilines is 1. The molecule has 0 saturated heterocycles. The van der Waals surface area contributed by atoms with E-state index >= 15 is 0 Å². The molecule has 1 heterocycles. The van der Waals surface area contributed by atoms with E-state index in [2.05, 4.69) is 51.7 Å². The van der Waals surface area contributed by atoms with E-state index in [1.165, 1.54) is 28.0 Å².